The lowest BCUT2D eigenvalue weighted by molar-refractivity contribution is -0.142. The molecule has 0 aliphatic heterocycles. The number of ether oxygens (including phenoxy) is 2. The van der Waals surface area contributed by atoms with Crippen molar-refractivity contribution in [3.05, 3.63) is 29.8 Å². The molecule has 6 heteroatoms. The summed E-state index contributed by atoms with van der Waals surface area (Å²) < 4.78 is 9.70. The number of aliphatic hydroxyl groups excluding tert-OH is 2. The van der Waals surface area contributed by atoms with Gasteiger partial charge in [0.05, 0.1) is 13.2 Å². The number of aliphatic hydroxyl groups is 2. The quantitative estimate of drug-likeness (QED) is 0.605. The minimum atomic E-state index is -1.08. The van der Waals surface area contributed by atoms with Crippen LogP contribution < -0.4 is 4.74 Å². The molecular weight excluding hydrogens is 304 g/mol. The van der Waals surface area contributed by atoms with Gasteiger partial charge in [-0.05, 0) is 6.07 Å². The van der Waals surface area contributed by atoms with E-state index >= 15 is 0 Å². The van der Waals surface area contributed by atoms with Gasteiger partial charge < -0.3 is 19.7 Å². The van der Waals surface area contributed by atoms with Crippen molar-refractivity contribution < 1.29 is 24.5 Å². The molecule has 0 aliphatic rings. The van der Waals surface area contributed by atoms with Crippen molar-refractivity contribution in [3.8, 4) is 5.75 Å². The monoisotopic (exact) mass is 318 g/mol. The van der Waals surface area contributed by atoms with E-state index in [0.717, 1.165) is 0 Å². The second-order valence-electron chi connectivity index (χ2n) is 3.57. The topological polar surface area (TPSA) is 76.0 Å². The smallest absolute Gasteiger partial charge is 0.343 e. The first-order chi connectivity index (χ1) is 8.60. The number of benzene rings is 1. The van der Waals surface area contributed by atoms with Crippen LogP contribution in [0.5, 0.6) is 5.75 Å². The van der Waals surface area contributed by atoms with Crippen molar-refractivity contribution in [1.82, 2.24) is 0 Å². The van der Waals surface area contributed by atoms with Crippen LogP contribution >= 0.6 is 15.9 Å². The fraction of sp³-hybridized carbons (Fsp3) is 0.417. The molecule has 0 saturated carbocycles. The SMILES string of the molecule is COC(=O)COc1ccccc1C(O)C(O)CBr. The number of rotatable bonds is 6. The van der Waals surface area contributed by atoms with E-state index in [9.17, 15) is 15.0 Å². The van der Waals surface area contributed by atoms with Crippen LogP contribution in [-0.2, 0) is 9.53 Å². The normalized spacial score (nSPS) is 13.8. The van der Waals surface area contributed by atoms with E-state index in [4.69, 9.17) is 4.74 Å². The average Bonchev–Trinajstić information content (AvgIpc) is 2.43. The van der Waals surface area contributed by atoms with Crippen LogP contribution in [0.4, 0.5) is 0 Å². The molecule has 1 aromatic rings. The Balaban J connectivity index is 2.82. The molecule has 100 valence electrons. The van der Waals surface area contributed by atoms with E-state index in [2.05, 4.69) is 20.7 Å². The van der Waals surface area contributed by atoms with Gasteiger partial charge in [-0.25, -0.2) is 4.79 Å². The number of alkyl halides is 1. The summed E-state index contributed by atoms with van der Waals surface area (Å²) in [7, 11) is 1.26. The number of hydrogen-bond donors (Lipinski definition) is 2. The molecule has 0 aliphatic carbocycles. The molecular formula is C12H15BrO5. The van der Waals surface area contributed by atoms with Gasteiger partial charge in [0.1, 0.15) is 11.9 Å². The molecule has 0 heterocycles. The Morgan fingerprint density at radius 2 is 2.06 bits per heavy atom. The van der Waals surface area contributed by atoms with Gasteiger partial charge in [0.15, 0.2) is 6.61 Å². The minimum Gasteiger partial charge on any atom is -0.482 e. The summed E-state index contributed by atoms with van der Waals surface area (Å²) in [6.45, 7) is -0.245. The average molecular weight is 319 g/mol. The van der Waals surface area contributed by atoms with Gasteiger partial charge in [0.25, 0.3) is 0 Å². The molecule has 0 aromatic heterocycles. The van der Waals surface area contributed by atoms with Gasteiger partial charge in [0.2, 0.25) is 0 Å². The Labute approximate surface area is 113 Å². The molecule has 2 atom stereocenters. The van der Waals surface area contributed by atoms with Gasteiger partial charge in [-0.1, -0.05) is 34.1 Å². The summed E-state index contributed by atoms with van der Waals surface area (Å²) in [6, 6.07) is 6.67. The van der Waals surface area contributed by atoms with Gasteiger partial charge in [-0.2, -0.15) is 0 Å². The minimum absolute atomic E-state index is 0.236. The third-order valence-corrected chi connectivity index (χ3v) is 3.00. The van der Waals surface area contributed by atoms with Crippen molar-refractivity contribution in [2.45, 2.75) is 12.2 Å². The van der Waals surface area contributed by atoms with E-state index in [-0.39, 0.29) is 11.9 Å². The van der Waals surface area contributed by atoms with Crippen molar-refractivity contribution in [1.29, 1.82) is 0 Å². The highest BCUT2D eigenvalue weighted by Crippen LogP contribution is 2.27. The van der Waals surface area contributed by atoms with Gasteiger partial charge in [-0.15, -0.1) is 0 Å². The van der Waals surface area contributed by atoms with E-state index in [0.29, 0.717) is 11.3 Å². The van der Waals surface area contributed by atoms with Crippen LogP contribution in [0.3, 0.4) is 0 Å². The van der Waals surface area contributed by atoms with Crippen molar-refractivity contribution in [3.63, 3.8) is 0 Å². The summed E-state index contributed by atoms with van der Waals surface area (Å²) in [4.78, 5) is 11.0. The van der Waals surface area contributed by atoms with E-state index < -0.39 is 18.2 Å². The molecule has 18 heavy (non-hydrogen) atoms. The molecule has 0 radical (unpaired) electrons. The standard InChI is InChI=1S/C12H15BrO5/c1-17-11(15)7-18-10-5-3-2-4-8(10)12(16)9(14)6-13/h2-5,9,12,14,16H,6-7H2,1H3. The Kier molecular flexibility index (Phi) is 6.11. The predicted molar refractivity (Wildman–Crippen MR) is 68.7 cm³/mol. The first-order valence-corrected chi connectivity index (χ1v) is 6.43. The third kappa shape index (κ3) is 3.97. The maximum atomic E-state index is 11.0. The highest BCUT2D eigenvalue weighted by molar-refractivity contribution is 9.09. The van der Waals surface area contributed by atoms with Gasteiger partial charge in [-0.3, -0.25) is 0 Å². The summed E-state index contributed by atoms with van der Waals surface area (Å²) in [5.41, 5.74) is 0.424. The Morgan fingerprint density at radius 1 is 1.39 bits per heavy atom. The van der Waals surface area contributed by atoms with Crippen molar-refractivity contribution >= 4 is 21.9 Å². The molecule has 0 bridgehead atoms. The highest BCUT2D eigenvalue weighted by atomic mass is 79.9. The molecule has 0 amide bonds. The second-order valence-corrected chi connectivity index (χ2v) is 4.22. The van der Waals surface area contributed by atoms with E-state index in [1.165, 1.54) is 7.11 Å². The van der Waals surface area contributed by atoms with Crippen molar-refractivity contribution in [2.24, 2.45) is 0 Å². The fourth-order valence-corrected chi connectivity index (χ4v) is 1.70. The van der Waals surface area contributed by atoms with Gasteiger partial charge >= 0.3 is 5.97 Å². The van der Waals surface area contributed by atoms with Crippen LogP contribution in [0.25, 0.3) is 0 Å². The van der Waals surface area contributed by atoms with Crippen LogP contribution in [0.15, 0.2) is 24.3 Å². The van der Waals surface area contributed by atoms with Crippen LogP contribution in [-0.4, -0.2) is 41.3 Å². The number of hydrogen-bond acceptors (Lipinski definition) is 5. The second kappa shape index (κ2) is 7.35. The first kappa shape index (κ1) is 14.9. The zero-order valence-corrected chi connectivity index (χ0v) is 11.5. The molecule has 5 nitrogen and oxygen atoms in total. The number of carbonyl (C=O) groups is 1. The molecule has 1 aromatic carbocycles. The Hall–Kier alpha value is -1.11. The maximum Gasteiger partial charge on any atom is 0.343 e. The van der Waals surface area contributed by atoms with Crippen LogP contribution in [0.1, 0.15) is 11.7 Å². The van der Waals surface area contributed by atoms with E-state index in [1.54, 1.807) is 24.3 Å². The molecule has 2 N–H and O–H groups in total. The largest absolute Gasteiger partial charge is 0.482 e. The Morgan fingerprint density at radius 3 is 2.67 bits per heavy atom. The molecule has 1 rings (SSSR count). The predicted octanol–water partition coefficient (Wildman–Crippen LogP) is 1.03. The number of para-hydroxylation sites is 1. The lowest BCUT2D eigenvalue weighted by Gasteiger charge is -2.19. The maximum absolute atomic E-state index is 11.0. The van der Waals surface area contributed by atoms with Crippen molar-refractivity contribution in [2.75, 3.05) is 19.0 Å². The van der Waals surface area contributed by atoms with E-state index in [1.807, 2.05) is 0 Å². The molecule has 0 spiro atoms. The summed E-state index contributed by atoms with van der Waals surface area (Å²) in [5, 5.41) is 19.7. The molecule has 0 fully saturated rings. The summed E-state index contributed by atoms with van der Waals surface area (Å²) in [5.74, 6) is -0.171. The van der Waals surface area contributed by atoms with Gasteiger partial charge in [0, 0.05) is 10.9 Å². The van der Waals surface area contributed by atoms with Crippen LogP contribution in [0.2, 0.25) is 0 Å². The zero-order valence-electron chi connectivity index (χ0n) is 9.88. The first-order valence-electron chi connectivity index (χ1n) is 5.30. The molecule has 2 unspecified atom stereocenters. The number of carbonyl (C=O) groups excluding carboxylic acids is 1. The number of halogens is 1. The Bertz CT molecular complexity index is 396. The number of methoxy groups -OCH3 is 1. The third-order valence-electron chi connectivity index (χ3n) is 2.33. The molecule has 0 saturated heterocycles. The fourth-order valence-electron chi connectivity index (χ4n) is 1.34. The summed E-state index contributed by atoms with van der Waals surface area (Å²) in [6.07, 6.45) is -2.04. The van der Waals surface area contributed by atoms with Crippen LogP contribution in [0, 0.1) is 0 Å². The summed E-state index contributed by atoms with van der Waals surface area (Å²) >= 11 is 3.09. The zero-order chi connectivity index (χ0) is 13.5. The lowest BCUT2D eigenvalue weighted by Crippen LogP contribution is -2.21. The highest BCUT2D eigenvalue weighted by Gasteiger charge is 2.21. The number of esters is 1. The lowest BCUT2D eigenvalue weighted by atomic mass is 10.0.